The van der Waals surface area contributed by atoms with E-state index in [0.717, 1.165) is 22.4 Å². The molecule has 0 radical (unpaired) electrons. The van der Waals surface area contributed by atoms with Crippen molar-refractivity contribution in [2.75, 3.05) is 0 Å². The lowest BCUT2D eigenvalue weighted by Crippen LogP contribution is -2.36. The molecule has 1 aliphatic rings. The molecule has 0 aromatic heterocycles. The van der Waals surface area contributed by atoms with Gasteiger partial charge < -0.3 is 4.90 Å². The van der Waals surface area contributed by atoms with Gasteiger partial charge in [-0.05, 0) is 16.7 Å². The number of hydrogen-bond acceptors (Lipinski definition) is 2. The average Bonchev–Trinajstić information content (AvgIpc) is 3.32. The first-order valence-electron chi connectivity index (χ1n) is 11.4. The topological polar surface area (TPSA) is 32.7 Å². The quantitative estimate of drug-likeness (QED) is 0.362. The summed E-state index contributed by atoms with van der Waals surface area (Å²) in [5.41, 5.74) is 6.43. The highest BCUT2D eigenvalue weighted by atomic mass is 16.2. The van der Waals surface area contributed by atoms with Crippen molar-refractivity contribution in [2.24, 2.45) is 4.99 Å². The largest absolute Gasteiger partial charge is 0.332 e. The molecule has 33 heavy (non-hydrogen) atoms. The first kappa shape index (κ1) is 20.9. The molecule has 162 valence electrons. The van der Waals surface area contributed by atoms with Crippen LogP contribution in [0.15, 0.2) is 120 Å². The van der Waals surface area contributed by atoms with Crippen LogP contribution in [0.25, 0.3) is 0 Å². The van der Waals surface area contributed by atoms with E-state index >= 15 is 0 Å². The average molecular weight is 431 g/mol. The van der Waals surface area contributed by atoms with Crippen molar-refractivity contribution in [3.05, 3.63) is 143 Å². The van der Waals surface area contributed by atoms with Gasteiger partial charge in [0.25, 0.3) is 0 Å². The van der Waals surface area contributed by atoms with Crippen LogP contribution in [0.4, 0.5) is 0 Å². The summed E-state index contributed by atoms with van der Waals surface area (Å²) in [4.78, 5) is 20.9. The first-order chi connectivity index (χ1) is 16.3. The molecule has 1 heterocycles. The maximum absolute atomic E-state index is 13.8. The Balaban J connectivity index is 1.54. The Hall–Kier alpha value is -3.98. The van der Waals surface area contributed by atoms with Crippen molar-refractivity contribution in [2.45, 2.75) is 25.6 Å². The number of benzene rings is 4. The van der Waals surface area contributed by atoms with Crippen molar-refractivity contribution in [3.8, 4) is 0 Å². The van der Waals surface area contributed by atoms with E-state index in [9.17, 15) is 4.79 Å². The molecular weight excluding hydrogens is 404 g/mol. The zero-order valence-corrected chi connectivity index (χ0v) is 18.5. The van der Waals surface area contributed by atoms with Crippen LogP contribution in [0.3, 0.4) is 0 Å². The van der Waals surface area contributed by atoms with Gasteiger partial charge in [-0.25, -0.2) is 0 Å². The number of fused-ring (bicyclic) bond motifs is 1. The van der Waals surface area contributed by atoms with Crippen molar-refractivity contribution >= 4 is 11.6 Å². The minimum Gasteiger partial charge on any atom is -0.332 e. The molecule has 0 N–H and O–H groups in total. The smallest absolute Gasteiger partial charge is 0.248 e. The van der Waals surface area contributed by atoms with Gasteiger partial charge in [0.05, 0.1) is 5.71 Å². The van der Waals surface area contributed by atoms with Crippen LogP contribution in [-0.2, 0) is 24.3 Å². The van der Waals surface area contributed by atoms with Crippen LogP contribution < -0.4 is 0 Å². The number of aliphatic imine (C=N–C) groups is 1. The van der Waals surface area contributed by atoms with Gasteiger partial charge in [-0.1, -0.05) is 115 Å². The predicted octanol–water partition coefficient (Wildman–Crippen LogP) is 5.68. The normalized spacial score (nSPS) is 13.3. The maximum atomic E-state index is 13.8. The molecule has 1 aliphatic heterocycles. The third-order valence-corrected chi connectivity index (χ3v) is 6.09. The molecule has 1 amide bonds. The second-order valence-electron chi connectivity index (χ2n) is 8.38. The fraction of sp³-hybridized carbons (Fsp3) is 0.133. The molecule has 0 saturated heterocycles. The maximum Gasteiger partial charge on any atom is 0.248 e. The highest BCUT2D eigenvalue weighted by Crippen LogP contribution is 2.25. The standard InChI is InChI=1S/C30H26N2O/c33-30(32-21-26-18-10-11-19-27(26)22-32)28(20-23-12-4-1-5-13-23)31-29(24-14-6-2-7-15-24)25-16-8-3-9-17-25/h1-19,28H,20-22H2. The van der Waals surface area contributed by atoms with Crippen molar-refractivity contribution in [1.29, 1.82) is 0 Å². The summed E-state index contributed by atoms with van der Waals surface area (Å²) in [5, 5.41) is 0. The van der Waals surface area contributed by atoms with Gasteiger partial charge in [-0.3, -0.25) is 9.79 Å². The van der Waals surface area contributed by atoms with Gasteiger partial charge in [0, 0.05) is 30.6 Å². The van der Waals surface area contributed by atoms with Crippen LogP contribution in [-0.4, -0.2) is 22.6 Å². The summed E-state index contributed by atoms with van der Waals surface area (Å²) >= 11 is 0. The fourth-order valence-electron chi connectivity index (χ4n) is 4.39. The number of hydrogen-bond donors (Lipinski definition) is 0. The number of carbonyl (C=O) groups excluding carboxylic acids is 1. The Labute approximate surface area is 195 Å². The Kier molecular flexibility index (Phi) is 6.12. The highest BCUT2D eigenvalue weighted by Gasteiger charge is 2.29. The summed E-state index contributed by atoms with van der Waals surface area (Å²) < 4.78 is 0. The van der Waals surface area contributed by atoms with Crippen molar-refractivity contribution < 1.29 is 4.79 Å². The molecule has 0 spiro atoms. The molecule has 0 fully saturated rings. The third kappa shape index (κ3) is 4.78. The molecule has 0 saturated carbocycles. The van der Waals surface area contributed by atoms with E-state index in [1.807, 2.05) is 71.6 Å². The lowest BCUT2D eigenvalue weighted by atomic mass is 10.00. The second-order valence-corrected chi connectivity index (χ2v) is 8.38. The summed E-state index contributed by atoms with van der Waals surface area (Å²) in [5.74, 6) is 0.0689. The zero-order chi connectivity index (χ0) is 22.5. The Morgan fingerprint density at radius 3 is 1.64 bits per heavy atom. The molecule has 4 aromatic rings. The van der Waals surface area contributed by atoms with E-state index in [-0.39, 0.29) is 5.91 Å². The molecule has 5 rings (SSSR count). The van der Waals surface area contributed by atoms with Crippen LogP contribution in [0.2, 0.25) is 0 Å². The van der Waals surface area contributed by atoms with Crippen LogP contribution in [0.5, 0.6) is 0 Å². The SMILES string of the molecule is O=C(C(Cc1ccccc1)N=C(c1ccccc1)c1ccccc1)N1Cc2ccccc2C1. The summed E-state index contributed by atoms with van der Waals surface area (Å²) in [6, 6.07) is 38.2. The van der Waals surface area contributed by atoms with E-state index < -0.39 is 6.04 Å². The molecule has 3 nitrogen and oxygen atoms in total. The van der Waals surface area contributed by atoms with Crippen molar-refractivity contribution in [3.63, 3.8) is 0 Å². The van der Waals surface area contributed by atoms with Gasteiger partial charge >= 0.3 is 0 Å². The first-order valence-corrected chi connectivity index (χ1v) is 11.4. The lowest BCUT2D eigenvalue weighted by Gasteiger charge is -2.22. The highest BCUT2D eigenvalue weighted by molar-refractivity contribution is 6.13. The molecule has 1 unspecified atom stereocenters. The van der Waals surface area contributed by atoms with E-state index in [4.69, 9.17) is 4.99 Å². The fourth-order valence-corrected chi connectivity index (χ4v) is 4.39. The Bertz CT molecular complexity index is 1180. The lowest BCUT2D eigenvalue weighted by molar-refractivity contribution is -0.133. The van der Waals surface area contributed by atoms with Gasteiger partial charge in [-0.2, -0.15) is 0 Å². The van der Waals surface area contributed by atoms with E-state index in [0.29, 0.717) is 19.5 Å². The van der Waals surface area contributed by atoms with Crippen molar-refractivity contribution in [1.82, 2.24) is 4.90 Å². The summed E-state index contributed by atoms with van der Waals surface area (Å²) in [6.07, 6.45) is 0.565. The van der Waals surface area contributed by atoms with Gasteiger partial charge in [0.2, 0.25) is 5.91 Å². The number of nitrogens with zero attached hydrogens (tertiary/aromatic N) is 2. The van der Waals surface area contributed by atoms with Crippen LogP contribution in [0.1, 0.15) is 27.8 Å². The Morgan fingerprint density at radius 1 is 0.667 bits per heavy atom. The summed E-state index contributed by atoms with van der Waals surface area (Å²) in [7, 11) is 0. The van der Waals surface area contributed by atoms with Gasteiger partial charge in [0.15, 0.2) is 0 Å². The number of rotatable bonds is 6. The number of carbonyl (C=O) groups is 1. The van der Waals surface area contributed by atoms with E-state index in [1.54, 1.807) is 0 Å². The van der Waals surface area contributed by atoms with Crippen LogP contribution in [0, 0.1) is 0 Å². The Morgan fingerprint density at radius 2 is 1.12 bits per heavy atom. The zero-order valence-electron chi connectivity index (χ0n) is 18.5. The van der Waals surface area contributed by atoms with Gasteiger partial charge in [0.1, 0.15) is 6.04 Å². The minimum atomic E-state index is -0.503. The predicted molar refractivity (Wildman–Crippen MR) is 133 cm³/mol. The molecular formula is C30H26N2O. The molecule has 3 heteroatoms. The number of amides is 1. The van der Waals surface area contributed by atoms with Gasteiger partial charge in [-0.15, -0.1) is 0 Å². The molecule has 1 atom stereocenters. The van der Waals surface area contributed by atoms with E-state index in [2.05, 4.69) is 48.5 Å². The second kappa shape index (κ2) is 9.66. The third-order valence-electron chi connectivity index (χ3n) is 6.09. The molecule has 0 aliphatic carbocycles. The van der Waals surface area contributed by atoms with Crippen LogP contribution >= 0.6 is 0 Å². The molecule has 0 bridgehead atoms. The minimum absolute atomic E-state index is 0.0689. The molecule has 4 aromatic carbocycles. The monoisotopic (exact) mass is 430 g/mol. The summed E-state index contributed by atoms with van der Waals surface area (Å²) in [6.45, 7) is 1.28. The van der Waals surface area contributed by atoms with E-state index in [1.165, 1.54) is 11.1 Å².